The first kappa shape index (κ1) is 7.56. The molecule has 2 nitrogen and oxygen atoms in total. The van der Waals surface area contributed by atoms with Crippen LogP contribution in [0.25, 0.3) is 0 Å². The van der Waals surface area contributed by atoms with Gasteiger partial charge in [0.2, 0.25) is 0 Å². The van der Waals surface area contributed by atoms with Crippen molar-refractivity contribution in [2.24, 2.45) is 0 Å². The molecular formula is C9H17NO. The van der Waals surface area contributed by atoms with E-state index in [1.54, 1.807) is 0 Å². The molecule has 2 heteroatoms. The van der Waals surface area contributed by atoms with Crippen LogP contribution in [0.2, 0.25) is 0 Å². The van der Waals surface area contributed by atoms with Gasteiger partial charge in [0.15, 0.2) is 0 Å². The molecule has 0 aliphatic carbocycles. The minimum absolute atomic E-state index is 0.388. The monoisotopic (exact) mass is 155 g/mol. The summed E-state index contributed by atoms with van der Waals surface area (Å²) in [5.41, 5.74) is -0.388. The predicted octanol–water partition coefficient (Wildman–Crippen LogP) is 1.04. The van der Waals surface area contributed by atoms with Gasteiger partial charge in [0.1, 0.15) is 0 Å². The fourth-order valence-corrected chi connectivity index (χ4v) is 2.58. The van der Waals surface area contributed by atoms with E-state index in [9.17, 15) is 5.11 Å². The number of rotatable bonds is 0. The molecule has 0 aromatic carbocycles. The van der Waals surface area contributed by atoms with Crippen molar-refractivity contribution in [3.8, 4) is 0 Å². The van der Waals surface area contributed by atoms with E-state index in [-0.39, 0.29) is 5.60 Å². The maximum atomic E-state index is 9.84. The Morgan fingerprint density at radius 1 is 1.27 bits per heavy atom. The highest BCUT2D eigenvalue weighted by Gasteiger charge is 2.36. The van der Waals surface area contributed by atoms with Crippen molar-refractivity contribution < 1.29 is 5.11 Å². The van der Waals surface area contributed by atoms with Gasteiger partial charge in [-0.15, -0.1) is 0 Å². The van der Waals surface area contributed by atoms with Crippen molar-refractivity contribution in [3.05, 3.63) is 0 Å². The zero-order valence-electron chi connectivity index (χ0n) is 7.14. The molecule has 2 heterocycles. The van der Waals surface area contributed by atoms with E-state index < -0.39 is 0 Å². The SMILES string of the molecule is CC1(O)C[C@@H]2CCC[C@@H](C1)N2. The summed E-state index contributed by atoms with van der Waals surface area (Å²) in [6.45, 7) is 1.97. The zero-order valence-corrected chi connectivity index (χ0v) is 7.14. The van der Waals surface area contributed by atoms with Crippen molar-refractivity contribution >= 4 is 0 Å². The largest absolute Gasteiger partial charge is 0.390 e. The number of nitrogens with one attached hydrogen (secondary N) is 1. The highest BCUT2D eigenvalue weighted by Crippen LogP contribution is 2.31. The fourth-order valence-electron chi connectivity index (χ4n) is 2.58. The molecule has 64 valence electrons. The number of hydrogen-bond donors (Lipinski definition) is 2. The molecule has 0 aromatic rings. The van der Waals surface area contributed by atoms with Crippen LogP contribution in [-0.2, 0) is 0 Å². The maximum absolute atomic E-state index is 9.84. The van der Waals surface area contributed by atoms with Crippen molar-refractivity contribution in [1.82, 2.24) is 5.32 Å². The topological polar surface area (TPSA) is 32.3 Å². The third-order valence-electron chi connectivity index (χ3n) is 2.95. The van der Waals surface area contributed by atoms with Gasteiger partial charge >= 0.3 is 0 Å². The Labute approximate surface area is 68.0 Å². The van der Waals surface area contributed by atoms with Gasteiger partial charge < -0.3 is 10.4 Å². The molecule has 0 aromatic heterocycles. The smallest absolute Gasteiger partial charge is 0.0649 e. The van der Waals surface area contributed by atoms with E-state index in [4.69, 9.17) is 0 Å². The number of fused-ring (bicyclic) bond motifs is 2. The van der Waals surface area contributed by atoms with Crippen LogP contribution in [-0.4, -0.2) is 22.8 Å². The second-order valence-corrected chi connectivity index (χ2v) is 4.40. The van der Waals surface area contributed by atoms with E-state index in [1.807, 2.05) is 6.92 Å². The highest BCUT2D eigenvalue weighted by molar-refractivity contribution is 4.95. The minimum Gasteiger partial charge on any atom is -0.390 e. The van der Waals surface area contributed by atoms with E-state index >= 15 is 0 Å². The number of piperidine rings is 2. The highest BCUT2D eigenvalue weighted by atomic mass is 16.3. The Bertz CT molecular complexity index is 142. The molecule has 0 amide bonds. The number of hydrogen-bond acceptors (Lipinski definition) is 2. The Balaban J connectivity index is 2.05. The van der Waals surface area contributed by atoms with Crippen molar-refractivity contribution in [2.75, 3.05) is 0 Å². The summed E-state index contributed by atoms with van der Waals surface area (Å²) >= 11 is 0. The first-order valence-corrected chi connectivity index (χ1v) is 4.64. The molecule has 2 atom stereocenters. The summed E-state index contributed by atoms with van der Waals surface area (Å²) in [6, 6.07) is 1.19. The van der Waals surface area contributed by atoms with Gasteiger partial charge in [0.05, 0.1) is 5.60 Å². The molecule has 0 saturated carbocycles. The molecular weight excluding hydrogens is 138 g/mol. The molecule has 2 saturated heterocycles. The Kier molecular flexibility index (Phi) is 1.69. The lowest BCUT2D eigenvalue weighted by Crippen LogP contribution is -2.54. The van der Waals surface area contributed by atoms with Gasteiger partial charge in [-0.1, -0.05) is 6.42 Å². The average Bonchev–Trinajstić information content (AvgIpc) is 1.82. The first-order chi connectivity index (χ1) is 5.16. The summed E-state index contributed by atoms with van der Waals surface area (Å²) in [4.78, 5) is 0. The normalized spacial score (nSPS) is 50.7. The molecule has 0 unspecified atom stereocenters. The third kappa shape index (κ3) is 1.57. The van der Waals surface area contributed by atoms with Crippen LogP contribution in [0.3, 0.4) is 0 Å². The molecule has 2 aliphatic rings. The van der Waals surface area contributed by atoms with Crippen LogP contribution in [0.5, 0.6) is 0 Å². The van der Waals surface area contributed by atoms with Crippen LogP contribution in [0, 0.1) is 0 Å². The van der Waals surface area contributed by atoms with Gasteiger partial charge in [-0.25, -0.2) is 0 Å². The summed E-state index contributed by atoms with van der Waals surface area (Å²) in [5, 5.41) is 13.4. The molecule has 0 spiro atoms. The Morgan fingerprint density at radius 2 is 1.82 bits per heavy atom. The van der Waals surface area contributed by atoms with Gasteiger partial charge in [0.25, 0.3) is 0 Å². The molecule has 2 bridgehead atoms. The van der Waals surface area contributed by atoms with E-state index in [0.717, 1.165) is 12.8 Å². The third-order valence-corrected chi connectivity index (χ3v) is 2.95. The van der Waals surface area contributed by atoms with Crippen molar-refractivity contribution in [1.29, 1.82) is 0 Å². The van der Waals surface area contributed by atoms with E-state index in [2.05, 4.69) is 5.32 Å². The summed E-state index contributed by atoms with van der Waals surface area (Å²) in [6.07, 6.45) is 5.75. The molecule has 11 heavy (non-hydrogen) atoms. The summed E-state index contributed by atoms with van der Waals surface area (Å²) in [5.74, 6) is 0. The Morgan fingerprint density at radius 3 is 2.36 bits per heavy atom. The predicted molar refractivity (Wildman–Crippen MR) is 44.4 cm³/mol. The standard InChI is InChI=1S/C9H17NO/c1-9(11)5-7-3-2-4-8(6-9)10-7/h7-8,10-11H,2-6H2,1H3/t7-,8-/m0/s1. The molecule has 0 radical (unpaired) electrons. The lowest BCUT2D eigenvalue weighted by Gasteiger charge is -2.43. The van der Waals surface area contributed by atoms with Crippen LogP contribution in [0.1, 0.15) is 39.0 Å². The quantitative estimate of drug-likeness (QED) is 0.548. The van der Waals surface area contributed by atoms with Crippen LogP contribution < -0.4 is 5.32 Å². The molecule has 2 rings (SSSR count). The zero-order chi connectivity index (χ0) is 7.90. The molecule has 2 fully saturated rings. The van der Waals surface area contributed by atoms with Crippen LogP contribution >= 0.6 is 0 Å². The molecule has 2 aliphatic heterocycles. The lowest BCUT2D eigenvalue weighted by molar-refractivity contribution is -0.0150. The second-order valence-electron chi connectivity index (χ2n) is 4.40. The lowest BCUT2D eigenvalue weighted by atomic mass is 9.78. The van der Waals surface area contributed by atoms with Gasteiger partial charge in [-0.05, 0) is 32.6 Å². The fraction of sp³-hybridized carbons (Fsp3) is 1.00. The van der Waals surface area contributed by atoms with Gasteiger partial charge in [-0.2, -0.15) is 0 Å². The average molecular weight is 155 g/mol. The van der Waals surface area contributed by atoms with Crippen LogP contribution in [0.4, 0.5) is 0 Å². The summed E-state index contributed by atoms with van der Waals surface area (Å²) < 4.78 is 0. The van der Waals surface area contributed by atoms with E-state index in [1.165, 1.54) is 19.3 Å². The Hall–Kier alpha value is -0.0800. The van der Waals surface area contributed by atoms with Gasteiger partial charge in [0, 0.05) is 12.1 Å². The van der Waals surface area contributed by atoms with Crippen LogP contribution in [0.15, 0.2) is 0 Å². The second kappa shape index (κ2) is 2.46. The van der Waals surface area contributed by atoms with Gasteiger partial charge in [-0.3, -0.25) is 0 Å². The minimum atomic E-state index is -0.388. The van der Waals surface area contributed by atoms with Crippen molar-refractivity contribution in [3.63, 3.8) is 0 Å². The molecule has 2 N–H and O–H groups in total. The summed E-state index contributed by atoms with van der Waals surface area (Å²) in [7, 11) is 0. The first-order valence-electron chi connectivity index (χ1n) is 4.64. The van der Waals surface area contributed by atoms with Crippen molar-refractivity contribution in [2.45, 2.75) is 56.7 Å². The van der Waals surface area contributed by atoms with E-state index in [0.29, 0.717) is 12.1 Å². The number of aliphatic hydroxyl groups is 1. The maximum Gasteiger partial charge on any atom is 0.0649 e.